The quantitative estimate of drug-likeness (QED) is 0.489. The van der Waals surface area contributed by atoms with Gasteiger partial charge < -0.3 is 25.5 Å². The summed E-state index contributed by atoms with van der Waals surface area (Å²) in [4.78, 5) is 8.50. The molecule has 1 aromatic carbocycles. The third-order valence-electron chi connectivity index (χ3n) is 4.15. The normalized spacial score (nSPS) is 12.5. The second-order valence-electron chi connectivity index (χ2n) is 6.28. The van der Waals surface area contributed by atoms with Gasteiger partial charge in [0.05, 0.1) is 18.2 Å². The summed E-state index contributed by atoms with van der Waals surface area (Å²) in [6, 6.07) is 10.0. The van der Waals surface area contributed by atoms with Crippen LogP contribution >= 0.6 is 11.8 Å². The number of nitrogen functional groups attached to an aromatic ring is 1. The van der Waals surface area contributed by atoms with Crippen molar-refractivity contribution in [2.45, 2.75) is 26.0 Å². The largest absolute Gasteiger partial charge is 0.391 e. The molecule has 4 N–H and O–H groups in total. The maximum Gasteiger partial charge on any atom is 0.151 e. The number of benzene rings is 1. The topological polar surface area (TPSA) is 98.2 Å². The molecule has 0 aliphatic rings. The zero-order valence-corrected chi connectivity index (χ0v) is 16.2. The van der Waals surface area contributed by atoms with Gasteiger partial charge in [-0.3, -0.25) is 0 Å². The van der Waals surface area contributed by atoms with Gasteiger partial charge in [0.1, 0.15) is 18.6 Å². The molecule has 144 valence electrons. The minimum absolute atomic E-state index is 0.359. The van der Waals surface area contributed by atoms with E-state index in [1.54, 1.807) is 11.8 Å². The second-order valence-corrected chi connectivity index (χ2v) is 7.19. The van der Waals surface area contributed by atoms with Crippen LogP contribution in [0.3, 0.4) is 0 Å². The number of thioether (sulfide) groups is 1. The number of nitrogens with two attached hydrogens (primary N) is 1. The number of rotatable bonds is 10. The Balaban J connectivity index is 1.69. The van der Waals surface area contributed by atoms with Gasteiger partial charge in [-0.25, -0.2) is 9.97 Å². The molecule has 0 aliphatic heterocycles. The number of aliphatic hydroxyl groups excluding tert-OH is 1. The van der Waals surface area contributed by atoms with Crippen molar-refractivity contribution in [2.24, 2.45) is 0 Å². The molecule has 0 fully saturated rings. The van der Waals surface area contributed by atoms with E-state index >= 15 is 0 Å². The predicted octanol–water partition coefficient (Wildman–Crippen LogP) is 2.00. The molecular formula is C19H25N5O2S. The first-order valence-electron chi connectivity index (χ1n) is 8.76. The van der Waals surface area contributed by atoms with Crippen LogP contribution < -0.4 is 11.1 Å². The van der Waals surface area contributed by atoms with E-state index in [4.69, 9.17) is 10.5 Å². The molecule has 0 aliphatic carbocycles. The number of aromatic nitrogens is 3. The summed E-state index contributed by atoms with van der Waals surface area (Å²) in [6.45, 7) is 1.99. The molecule has 0 saturated carbocycles. The highest BCUT2D eigenvalue weighted by Gasteiger charge is 2.14. The summed E-state index contributed by atoms with van der Waals surface area (Å²) in [5, 5.41) is 13.1. The lowest BCUT2D eigenvalue weighted by atomic mass is 10.2. The number of ether oxygens (including phenoxy) is 1. The van der Waals surface area contributed by atoms with Crippen LogP contribution in [0.5, 0.6) is 0 Å². The Morgan fingerprint density at radius 3 is 2.89 bits per heavy atom. The number of fused-ring (bicyclic) bond motifs is 1. The molecule has 0 spiro atoms. The molecule has 0 bridgehead atoms. The van der Waals surface area contributed by atoms with E-state index in [0.29, 0.717) is 38.0 Å². The van der Waals surface area contributed by atoms with Gasteiger partial charge in [-0.15, -0.1) is 0 Å². The third-order valence-corrected chi connectivity index (χ3v) is 4.87. The predicted molar refractivity (Wildman–Crippen MR) is 109 cm³/mol. The van der Waals surface area contributed by atoms with Crippen LogP contribution in [0.4, 0.5) is 5.82 Å². The summed E-state index contributed by atoms with van der Waals surface area (Å²) < 4.78 is 7.78. The number of hydrogen-bond acceptors (Lipinski definition) is 7. The standard InChI is InChI=1S/C19H25N5O2S/c1-27-11-16(25)8-21-7-15-9-24(18-17(15)22-12-23-19(18)20)13-26-10-14-5-3-2-4-6-14/h2-6,9,12,16,21,25H,7-8,10-11,13H2,1H3,(H2,20,22,23)/t16-/m0/s1. The monoisotopic (exact) mass is 387 g/mol. The van der Waals surface area contributed by atoms with E-state index in [1.165, 1.54) is 6.33 Å². The summed E-state index contributed by atoms with van der Waals surface area (Å²) in [5.41, 5.74) is 9.77. The summed E-state index contributed by atoms with van der Waals surface area (Å²) >= 11 is 1.62. The maximum atomic E-state index is 9.86. The van der Waals surface area contributed by atoms with Crippen LogP contribution in [0, 0.1) is 0 Å². The van der Waals surface area contributed by atoms with Crippen molar-refractivity contribution in [1.82, 2.24) is 19.9 Å². The lowest BCUT2D eigenvalue weighted by Crippen LogP contribution is -2.28. The van der Waals surface area contributed by atoms with Crippen LogP contribution in [0.25, 0.3) is 11.0 Å². The highest BCUT2D eigenvalue weighted by Crippen LogP contribution is 2.23. The summed E-state index contributed by atoms with van der Waals surface area (Å²) in [5.74, 6) is 1.13. The van der Waals surface area contributed by atoms with Gasteiger partial charge in [-0.1, -0.05) is 30.3 Å². The fraction of sp³-hybridized carbons (Fsp3) is 0.368. The van der Waals surface area contributed by atoms with Gasteiger partial charge in [0.25, 0.3) is 0 Å². The molecule has 1 atom stereocenters. The Morgan fingerprint density at radius 2 is 2.11 bits per heavy atom. The molecule has 0 radical (unpaired) electrons. The number of nitrogens with zero attached hydrogens (tertiary/aromatic N) is 3. The van der Waals surface area contributed by atoms with Crippen molar-refractivity contribution in [1.29, 1.82) is 0 Å². The SMILES string of the molecule is CSC[C@@H](O)CNCc1cn(COCc2ccccc2)c2c(N)ncnc12. The van der Waals surface area contributed by atoms with Crippen molar-refractivity contribution in [3.05, 3.63) is 54.0 Å². The molecule has 2 heterocycles. The van der Waals surface area contributed by atoms with Crippen LogP contribution in [0.2, 0.25) is 0 Å². The van der Waals surface area contributed by atoms with E-state index in [9.17, 15) is 5.11 Å². The lowest BCUT2D eigenvalue weighted by molar-refractivity contribution is 0.0667. The van der Waals surface area contributed by atoms with Gasteiger partial charge >= 0.3 is 0 Å². The molecule has 3 rings (SSSR count). The van der Waals surface area contributed by atoms with E-state index in [2.05, 4.69) is 15.3 Å². The third kappa shape index (κ3) is 5.20. The fourth-order valence-electron chi connectivity index (χ4n) is 2.92. The van der Waals surface area contributed by atoms with Crippen molar-refractivity contribution < 1.29 is 9.84 Å². The van der Waals surface area contributed by atoms with Crippen molar-refractivity contribution in [3.8, 4) is 0 Å². The van der Waals surface area contributed by atoms with E-state index in [0.717, 1.165) is 22.2 Å². The number of nitrogens with one attached hydrogen (secondary N) is 1. The van der Waals surface area contributed by atoms with E-state index in [-0.39, 0.29) is 6.10 Å². The van der Waals surface area contributed by atoms with Gasteiger partial charge in [-0.2, -0.15) is 11.8 Å². The van der Waals surface area contributed by atoms with Gasteiger partial charge in [0.2, 0.25) is 0 Å². The first-order chi connectivity index (χ1) is 13.2. The molecule has 27 heavy (non-hydrogen) atoms. The number of aliphatic hydroxyl groups is 1. The Kier molecular flexibility index (Phi) is 7.05. The minimum Gasteiger partial charge on any atom is -0.391 e. The zero-order chi connectivity index (χ0) is 19.1. The molecular weight excluding hydrogens is 362 g/mol. The minimum atomic E-state index is -0.373. The highest BCUT2D eigenvalue weighted by molar-refractivity contribution is 7.98. The Hall–Kier alpha value is -2.13. The molecule has 0 saturated heterocycles. The Bertz CT molecular complexity index is 856. The average molecular weight is 388 g/mol. The van der Waals surface area contributed by atoms with Crippen LogP contribution in [-0.2, 0) is 24.6 Å². The maximum absolute atomic E-state index is 9.86. The van der Waals surface area contributed by atoms with E-state index < -0.39 is 0 Å². The van der Waals surface area contributed by atoms with E-state index in [1.807, 2.05) is 47.4 Å². The molecule has 0 unspecified atom stereocenters. The summed E-state index contributed by atoms with van der Waals surface area (Å²) in [6.07, 6.45) is 5.06. The Morgan fingerprint density at radius 1 is 1.30 bits per heavy atom. The molecule has 7 nitrogen and oxygen atoms in total. The van der Waals surface area contributed by atoms with Crippen LogP contribution in [0.1, 0.15) is 11.1 Å². The van der Waals surface area contributed by atoms with Crippen molar-refractivity contribution in [3.63, 3.8) is 0 Å². The fourth-order valence-corrected chi connectivity index (χ4v) is 3.42. The average Bonchev–Trinajstić information content (AvgIpc) is 3.02. The second kappa shape index (κ2) is 9.70. The highest BCUT2D eigenvalue weighted by atomic mass is 32.2. The number of anilines is 1. The van der Waals surface area contributed by atoms with Crippen molar-refractivity contribution >= 4 is 28.6 Å². The zero-order valence-electron chi connectivity index (χ0n) is 15.3. The van der Waals surface area contributed by atoms with Gasteiger partial charge in [-0.05, 0) is 11.8 Å². The summed E-state index contributed by atoms with van der Waals surface area (Å²) in [7, 11) is 0. The first kappa shape index (κ1) is 19.6. The molecule has 2 aromatic heterocycles. The lowest BCUT2D eigenvalue weighted by Gasteiger charge is -2.09. The van der Waals surface area contributed by atoms with Gasteiger partial charge in [0, 0.05) is 30.6 Å². The first-order valence-corrected chi connectivity index (χ1v) is 10.2. The molecule has 0 amide bonds. The molecule has 3 aromatic rings. The smallest absolute Gasteiger partial charge is 0.151 e. The van der Waals surface area contributed by atoms with Crippen LogP contribution in [0.15, 0.2) is 42.9 Å². The molecule has 8 heteroatoms. The number of hydrogen-bond donors (Lipinski definition) is 3. The Labute approximate surface area is 163 Å². The van der Waals surface area contributed by atoms with Gasteiger partial charge in [0.15, 0.2) is 5.82 Å². The van der Waals surface area contributed by atoms with Crippen LogP contribution in [-0.4, -0.2) is 44.3 Å². The van der Waals surface area contributed by atoms with Crippen molar-refractivity contribution in [2.75, 3.05) is 24.3 Å².